The summed E-state index contributed by atoms with van der Waals surface area (Å²) in [6, 6.07) is 10.2. The molecular weight excluding hydrogens is 278 g/mol. The molecule has 0 fully saturated rings. The van der Waals surface area contributed by atoms with Crippen LogP contribution in [0.4, 0.5) is 0 Å². The van der Waals surface area contributed by atoms with E-state index < -0.39 is 0 Å². The number of nitrogens with zero attached hydrogens (tertiary/aromatic N) is 3. The second-order valence-corrected chi connectivity index (χ2v) is 5.47. The number of fused-ring (bicyclic) bond motifs is 1. The summed E-state index contributed by atoms with van der Waals surface area (Å²) in [5.41, 5.74) is 9.18. The number of nitrogens with two attached hydrogens (primary N) is 1. The van der Waals surface area contributed by atoms with Gasteiger partial charge in [0.05, 0.1) is 30.6 Å². The number of hydrogen-bond donors (Lipinski definition) is 2. The maximum absolute atomic E-state index is 6.03. The number of guanidine groups is 1. The van der Waals surface area contributed by atoms with Gasteiger partial charge in [-0.3, -0.25) is 4.68 Å². The van der Waals surface area contributed by atoms with Gasteiger partial charge in [0.15, 0.2) is 5.96 Å². The fraction of sp³-hybridized carbons (Fsp3) is 0.375. The summed E-state index contributed by atoms with van der Waals surface area (Å²) in [6.07, 6.45) is 0.873. The molecule has 1 aliphatic rings. The van der Waals surface area contributed by atoms with E-state index in [4.69, 9.17) is 10.5 Å². The molecule has 0 saturated carbocycles. The number of aryl methyl sites for hydroxylation is 2. The van der Waals surface area contributed by atoms with Crippen LogP contribution in [0, 0.1) is 6.92 Å². The first-order valence-electron chi connectivity index (χ1n) is 7.41. The molecule has 1 aromatic carbocycles. The second kappa shape index (κ2) is 6.09. The standard InChI is InChI=1S/C16H21N5O/c1-11-9-12(21(2)20-11)10-18-16(17)19-14-7-8-22-15-6-4-3-5-13(14)15/h3-6,9,14H,7-8,10H2,1-2H3,(H3,17,18,19). The summed E-state index contributed by atoms with van der Waals surface area (Å²) in [7, 11) is 1.91. The third kappa shape index (κ3) is 3.05. The summed E-state index contributed by atoms with van der Waals surface area (Å²) in [6.45, 7) is 3.16. The molecule has 1 unspecified atom stereocenters. The lowest BCUT2D eigenvalue weighted by atomic mass is 10.0. The lowest BCUT2D eigenvalue weighted by Crippen LogP contribution is -2.37. The van der Waals surface area contributed by atoms with E-state index in [-0.39, 0.29) is 6.04 Å². The first kappa shape index (κ1) is 14.4. The SMILES string of the molecule is Cc1cc(CN=C(N)NC2CCOc3ccccc32)n(C)n1. The minimum absolute atomic E-state index is 0.141. The van der Waals surface area contributed by atoms with Gasteiger partial charge in [0.25, 0.3) is 0 Å². The Labute approximate surface area is 130 Å². The summed E-state index contributed by atoms with van der Waals surface area (Å²) in [5.74, 6) is 1.36. The maximum Gasteiger partial charge on any atom is 0.189 e. The summed E-state index contributed by atoms with van der Waals surface area (Å²) in [5, 5.41) is 7.59. The Morgan fingerprint density at radius 1 is 1.50 bits per heavy atom. The molecule has 2 heterocycles. The van der Waals surface area contributed by atoms with Crippen molar-refractivity contribution >= 4 is 5.96 Å². The van der Waals surface area contributed by atoms with Crippen molar-refractivity contribution in [3.63, 3.8) is 0 Å². The molecule has 6 nitrogen and oxygen atoms in total. The maximum atomic E-state index is 6.03. The Bertz CT molecular complexity index is 692. The molecule has 2 aromatic rings. The molecule has 0 amide bonds. The van der Waals surface area contributed by atoms with Gasteiger partial charge in [-0.25, -0.2) is 4.99 Å². The molecule has 6 heteroatoms. The van der Waals surface area contributed by atoms with Gasteiger partial charge in [-0.05, 0) is 19.1 Å². The van der Waals surface area contributed by atoms with Gasteiger partial charge in [0, 0.05) is 19.0 Å². The Balaban J connectivity index is 1.68. The number of nitrogens with one attached hydrogen (secondary N) is 1. The zero-order valence-electron chi connectivity index (χ0n) is 12.9. The molecule has 1 aliphatic heterocycles. The van der Waals surface area contributed by atoms with Gasteiger partial charge >= 0.3 is 0 Å². The molecule has 0 radical (unpaired) electrons. The Kier molecular flexibility index (Phi) is 4.00. The Morgan fingerprint density at radius 2 is 2.32 bits per heavy atom. The minimum atomic E-state index is 0.141. The van der Waals surface area contributed by atoms with Gasteiger partial charge in [0.2, 0.25) is 0 Å². The number of para-hydroxylation sites is 1. The van der Waals surface area contributed by atoms with Gasteiger partial charge < -0.3 is 15.8 Å². The zero-order valence-corrected chi connectivity index (χ0v) is 12.9. The lowest BCUT2D eigenvalue weighted by Gasteiger charge is -2.26. The largest absolute Gasteiger partial charge is 0.493 e. The lowest BCUT2D eigenvalue weighted by molar-refractivity contribution is 0.262. The van der Waals surface area contributed by atoms with E-state index in [1.807, 2.05) is 42.9 Å². The summed E-state index contributed by atoms with van der Waals surface area (Å²) < 4.78 is 7.48. The fourth-order valence-corrected chi connectivity index (χ4v) is 2.69. The van der Waals surface area contributed by atoms with Crippen molar-refractivity contribution in [2.45, 2.75) is 25.9 Å². The van der Waals surface area contributed by atoms with Crippen LogP contribution in [0.25, 0.3) is 0 Å². The second-order valence-electron chi connectivity index (χ2n) is 5.47. The van der Waals surface area contributed by atoms with E-state index in [1.165, 1.54) is 0 Å². The van der Waals surface area contributed by atoms with E-state index in [9.17, 15) is 0 Å². The highest BCUT2D eigenvalue weighted by atomic mass is 16.5. The number of rotatable bonds is 3. The zero-order chi connectivity index (χ0) is 15.5. The molecule has 0 aliphatic carbocycles. The number of ether oxygens (including phenoxy) is 1. The van der Waals surface area contributed by atoms with E-state index in [0.29, 0.717) is 19.1 Å². The average molecular weight is 299 g/mol. The number of benzene rings is 1. The quantitative estimate of drug-likeness (QED) is 0.667. The minimum Gasteiger partial charge on any atom is -0.493 e. The number of hydrogen-bond acceptors (Lipinski definition) is 3. The van der Waals surface area contributed by atoms with Gasteiger partial charge in [0.1, 0.15) is 5.75 Å². The molecule has 0 spiro atoms. The first-order valence-corrected chi connectivity index (χ1v) is 7.41. The van der Waals surface area contributed by atoms with Gasteiger partial charge in [-0.15, -0.1) is 0 Å². The van der Waals surface area contributed by atoms with Gasteiger partial charge in [-0.2, -0.15) is 5.10 Å². The summed E-state index contributed by atoms with van der Waals surface area (Å²) in [4.78, 5) is 4.42. The predicted octanol–water partition coefficient (Wildman–Crippen LogP) is 1.66. The van der Waals surface area contributed by atoms with Crippen molar-refractivity contribution in [2.24, 2.45) is 17.8 Å². The normalized spacial score (nSPS) is 17.7. The highest BCUT2D eigenvalue weighted by Gasteiger charge is 2.21. The summed E-state index contributed by atoms with van der Waals surface area (Å²) >= 11 is 0. The molecule has 1 atom stereocenters. The van der Waals surface area contributed by atoms with E-state index in [0.717, 1.165) is 29.1 Å². The Hall–Kier alpha value is -2.50. The van der Waals surface area contributed by atoms with Crippen LogP contribution in [0.5, 0.6) is 5.75 Å². The predicted molar refractivity (Wildman–Crippen MR) is 85.7 cm³/mol. The van der Waals surface area contributed by atoms with Crippen molar-refractivity contribution in [1.82, 2.24) is 15.1 Å². The van der Waals surface area contributed by atoms with Gasteiger partial charge in [-0.1, -0.05) is 18.2 Å². The van der Waals surface area contributed by atoms with Crippen molar-refractivity contribution in [3.8, 4) is 5.75 Å². The molecule has 22 heavy (non-hydrogen) atoms. The molecule has 1 aromatic heterocycles. The van der Waals surface area contributed by atoms with Crippen LogP contribution in [-0.4, -0.2) is 22.3 Å². The molecule has 116 valence electrons. The Morgan fingerprint density at radius 3 is 3.09 bits per heavy atom. The first-order chi connectivity index (χ1) is 10.6. The third-order valence-corrected chi connectivity index (χ3v) is 3.79. The van der Waals surface area contributed by atoms with E-state index >= 15 is 0 Å². The van der Waals surface area contributed by atoms with E-state index in [1.54, 1.807) is 0 Å². The van der Waals surface area contributed by atoms with Crippen LogP contribution in [-0.2, 0) is 13.6 Å². The van der Waals surface area contributed by atoms with Crippen LogP contribution < -0.4 is 15.8 Å². The molecule has 3 rings (SSSR count). The monoisotopic (exact) mass is 299 g/mol. The molecule has 3 N–H and O–H groups in total. The van der Waals surface area contributed by atoms with Crippen molar-refractivity contribution in [2.75, 3.05) is 6.61 Å². The smallest absolute Gasteiger partial charge is 0.189 e. The van der Waals surface area contributed by atoms with Crippen LogP contribution in [0.15, 0.2) is 35.3 Å². The van der Waals surface area contributed by atoms with Crippen molar-refractivity contribution in [1.29, 1.82) is 0 Å². The highest BCUT2D eigenvalue weighted by molar-refractivity contribution is 5.78. The molecular formula is C16H21N5O. The average Bonchev–Trinajstić information content (AvgIpc) is 2.83. The van der Waals surface area contributed by atoms with Crippen molar-refractivity contribution < 1.29 is 4.74 Å². The number of aliphatic imine (C=N–C) groups is 1. The molecule has 0 saturated heterocycles. The highest BCUT2D eigenvalue weighted by Crippen LogP contribution is 2.31. The van der Waals surface area contributed by atoms with Crippen LogP contribution in [0.3, 0.4) is 0 Å². The fourth-order valence-electron chi connectivity index (χ4n) is 2.69. The van der Waals surface area contributed by atoms with E-state index in [2.05, 4.69) is 21.5 Å². The molecule has 0 bridgehead atoms. The van der Waals surface area contributed by atoms with Crippen LogP contribution in [0.1, 0.15) is 29.4 Å². The van der Waals surface area contributed by atoms with Crippen molar-refractivity contribution in [3.05, 3.63) is 47.3 Å². The number of aromatic nitrogens is 2. The third-order valence-electron chi connectivity index (χ3n) is 3.79. The van der Waals surface area contributed by atoms with Crippen LogP contribution >= 0.6 is 0 Å². The topological polar surface area (TPSA) is 77.5 Å². The van der Waals surface area contributed by atoms with Crippen LogP contribution in [0.2, 0.25) is 0 Å².